The molecule has 0 atom stereocenters. The Morgan fingerprint density at radius 1 is 1.27 bits per heavy atom. The maximum atomic E-state index is 13.1. The number of nitrogens with two attached hydrogens (primary N) is 1. The van der Waals surface area contributed by atoms with Gasteiger partial charge in [0.1, 0.15) is 5.82 Å². The molecule has 2 aromatic rings. The molecule has 4 nitrogen and oxygen atoms in total. The molecule has 1 aliphatic rings. The van der Waals surface area contributed by atoms with Gasteiger partial charge in [-0.1, -0.05) is 35.7 Å². The van der Waals surface area contributed by atoms with Gasteiger partial charge in [0, 0.05) is 6.08 Å². The minimum Gasteiger partial charge on any atom is -0.335 e. The van der Waals surface area contributed by atoms with Crippen molar-refractivity contribution in [3.05, 3.63) is 46.3 Å². The molecule has 1 heterocycles. The second-order valence-electron chi connectivity index (χ2n) is 5.33. The van der Waals surface area contributed by atoms with Crippen LogP contribution in [0.5, 0.6) is 0 Å². The molecule has 0 unspecified atom stereocenters. The molecule has 1 saturated carbocycles. The first kappa shape index (κ1) is 16.9. The third kappa shape index (κ3) is 3.48. The molecule has 7 heteroatoms. The van der Waals surface area contributed by atoms with Gasteiger partial charge in [-0.25, -0.2) is 4.39 Å². The lowest BCUT2D eigenvalue weighted by Crippen LogP contribution is -2.34. The van der Waals surface area contributed by atoms with E-state index in [-0.39, 0.29) is 17.4 Å². The summed E-state index contributed by atoms with van der Waals surface area (Å²) in [4.78, 5) is 4.32. The predicted molar refractivity (Wildman–Crippen MR) is 86.2 cm³/mol. The molecule has 1 aromatic carbocycles. The number of hydrogen-bond donors (Lipinski definition) is 1. The van der Waals surface area contributed by atoms with Crippen LogP contribution < -0.4 is 5.73 Å². The van der Waals surface area contributed by atoms with Gasteiger partial charge in [0.2, 0.25) is 0 Å². The van der Waals surface area contributed by atoms with Crippen LogP contribution in [0, 0.1) is 5.82 Å². The summed E-state index contributed by atoms with van der Waals surface area (Å²) in [6.07, 6.45) is 7.33. The van der Waals surface area contributed by atoms with Gasteiger partial charge >= 0.3 is 0 Å². The lowest BCUT2D eigenvalue weighted by atomic mass is 9.99. The molecule has 1 aliphatic carbocycles. The quantitative estimate of drug-likeness (QED) is 0.907. The molecule has 0 radical (unpaired) electrons. The Morgan fingerprint density at radius 2 is 2.00 bits per heavy atom. The SMILES string of the molecule is Cl.NC1(c2noc(/C=C/c3ccc(F)c(Cl)c3)n2)CCCC1. The van der Waals surface area contributed by atoms with Crippen LogP contribution in [0.15, 0.2) is 22.7 Å². The maximum Gasteiger partial charge on any atom is 0.250 e. The summed E-state index contributed by atoms with van der Waals surface area (Å²) in [6, 6.07) is 4.47. The van der Waals surface area contributed by atoms with Crippen molar-refractivity contribution in [1.82, 2.24) is 10.1 Å². The first-order valence-corrected chi connectivity index (χ1v) is 7.21. The Morgan fingerprint density at radius 3 is 2.68 bits per heavy atom. The highest BCUT2D eigenvalue weighted by atomic mass is 35.5. The van der Waals surface area contributed by atoms with Crippen molar-refractivity contribution < 1.29 is 8.91 Å². The van der Waals surface area contributed by atoms with E-state index in [2.05, 4.69) is 10.1 Å². The molecule has 0 saturated heterocycles. The molecule has 0 bridgehead atoms. The fourth-order valence-corrected chi connectivity index (χ4v) is 2.71. The maximum absolute atomic E-state index is 13.1. The first-order valence-electron chi connectivity index (χ1n) is 6.83. The van der Waals surface area contributed by atoms with Crippen LogP contribution >= 0.6 is 24.0 Å². The molecule has 2 N–H and O–H groups in total. The summed E-state index contributed by atoms with van der Waals surface area (Å²) in [5.74, 6) is 0.485. The van der Waals surface area contributed by atoms with Crippen LogP contribution in [0.3, 0.4) is 0 Å². The van der Waals surface area contributed by atoms with E-state index < -0.39 is 11.4 Å². The standard InChI is InChI=1S/C15H15ClFN3O.ClH/c16-11-9-10(3-5-12(11)17)4-6-13-19-14(20-21-13)15(18)7-1-2-8-15;/h3-6,9H,1-2,7-8,18H2;1H/b6-4+;. The van der Waals surface area contributed by atoms with Crippen molar-refractivity contribution in [3.8, 4) is 0 Å². The van der Waals surface area contributed by atoms with Crippen molar-refractivity contribution in [1.29, 1.82) is 0 Å². The highest BCUT2D eigenvalue weighted by Gasteiger charge is 2.35. The average Bonchev–Trinajstić information content (AvgIpc) is 3.10. The van der Waals surface area contributed by atoms with Gasteiger partial charge in [-0.3, -0.25) is 0 Å². The van der Waals surface area contributed by atoms with Crippen molar-refractivity contribution in [2.24, 2.45) is 5.73 Å². The topological polar surface area (TPSA) is 64.9 Å². The minimum atomic E-state index is -0.464. The summed E-state index contributed by atoms with van der Waals surface area (Å²) in [5, 5.41) is 4.04. The number of aromatic nitrogens is 2. The molecule has 0 aliphatic heterocycles. The third-order valence-electron chi connectivity index (χ3n) is 3.74. The van der Waals surface area contributed by atoms with E-state index in [9.17, 15) is 4.39 Å². The molecule has 1 fully saturated rings. The normalized spacial score (nSPS) is 16.9. The number of benzene rings is 1. The molecule has 0 spiro atoms. The summed E-state index contributed by atoms with van der Waals surface area (Å²) >= 11 is 5.73. The van der Waals surface area contributed by atoms with Crippen molar-refractivity contribution in [3.63, 3.8) is 0 Å². The van der Waals surface area contributed by atoms with E-state index in [1.54, 1.807) is 18.2 Å². The van der Waals surface area contributed by atoms with E-state index in [4.69, 9.17) is 21.9 Å². The van der Waals surface area contributed by atoms with Crippen LogP contribution in [-0.2, 0) is 5.54 Å². The minimum absolute atomic E-state index is 0. The summed E-state index contributed by atoms with van der Waals surface area (Å²) in [5.41, 5.74) is 6.56. The van der Waals surface area contributed by atoms with Crippen molar-refractivity contribution in [2.75, 3.05) is 0 Å². The van der Waals surface area contributed by atoms with Crippen LogP contribution in [-0.4, -0.2) is 10.1 Å². The number of halogens is 3. The molecule has 22 heavy (non-hydrogen) atoms. The highest BCUT2D eigenvalue weighted by molar-refractivity contribution is 6.30. The number of hydrogen-bond acceptors (Lipinski definition) is 4. The smallest absolute Gasteiger partial charge is 0.250 e. The van der Waals surface area contributed by atoms with Crippen LogP contribution in [0.25, 0.3) is 12.2 Å². The largest absolute Gasteiger partial charge is 0.335 e. The zero-order chi connectivity index (χ0) is 14.9. The van der Waals surface area contributed by atoms with Gasteiger partial charge in [-0.15, -0.1) is 12.4 Å². The predicted octanol–water partition coefficient (Wildman–Crippen LogP) is 4.18. The van der Waals surface area contributed by atoms with E-state index in [0.717, 1.165) is 31.2 Å². The molecular weight excluding hydrogens is 328 g/mol. The molecule has 0 amide bonds. The van der Waals surface area contributed by atoms with Crippen LogP contribution in [0.1, 0.15) is 43.0 Å². The van der Waals surface area contributed by atoms with Gasteiger partial charge in [-0.2, -0.15) is 4.98 Å². The summed E-state index contributed by atoms with van der Waals surface area (Å²) < 4.78 is 18.3. The highest BCUT2D eigenvalue weighted by Crippen LogP contribution is 2.34. The molecular formula is C15H16Cl2FN3O. The Labute approximate surface area is 138 Å². The monoisotopic (exact) mass is 343 g/mol. The fraction of sp³-hybridized carbons (Fsp3) is 0.333. The molecule has 118 valence electrons. The number of rotatable bonds is 3. The summed E-state index contributed by atoms with van der Waals surface area (Å²) in [6.45, 7) is 0. The van der Waals surface area contributed by atoms with Gasteiger partial charge in [-0.05, 0) is 36.6 Å². The lowest BCUT2D eigenvalue weighted by molar-refractivity contribution is 0.364. The Bertz CT molecular complexity index is 681. The van der Waals surface area contributed by atoms with Crippen LogP contribution in [0.4, 0.5) is 4.39 Å². The second kappa shape index (κ2) is 6.77. The fourth-order valence-electron chi connectivity index (χ4n) is 2.52. The van der Waals surface area contributed by atoms with E-state index in [1.165, 1.54) is 12.1 Å². The van der Waals surface area contributed by atoms with Gasteiger partial charge in [0.15, 0.2) is 5.82 Å². The van der Waals surface area contributed by atoms with Gasteiger partial charge in [0.05, 0.1) is 10.6 Å². The molecule has 1 aromatic heterocycles. The summed E-state index contributed by atoms with van der Waals surface area (Å²) in [7, 11) is 0. The number of nitrogens with zero attached hydrogens (tertiary/aromatic N) is 2. The zero-order valence-corrected chi connectivity index (χ0v) is 13.3. The Hall–Kier alpha value is -1.43. The van der Waals surface area contributed by atoms with Crippen molar-refractivity contribution in [2.45, 2.75) is 31.2 Å². The van der Waals surface area contributed by atoms with Crippen LogP contribution in [0.2, 0.25) is 5.02 Å². The van der Waals surface area contributed by atoms with Crippen molar-refractivity contribution >= 4 is 36.2 Å². The first-order chi connectivity index (χ1) is 10.1. The van der Waals surface area contributed by atoms with Gasteiger partial charge < -0.3 is 10.3 Å². The lowest BCUT2D eigenvalue weighted by Gasteiger charge is -2.17. The zero-order valence-electron chi connectivity index (χ0n) is 11.8. The third-order valence-corrected chi connectivity index (χ3v) is 4.03. The van der Waals surface area contributed by atoms with Gasteiger partial charge in [0.25, 0.3) is 5.89 Å². The Kier molecular flexibility index (Phi) is 5.21. The Balaban J connectivity index is 0.00000176. The van der Waals surface area contributed by atoms with E-state index in [0.29, 0.717) is 11.7 Å². The van der Waals surface area contributed by atoms with E-state index >= 15 is 0 Å². The second-order valence-corrected chi connectivity index (χ2v) is 5.73. The van der Waals surface area contributed by atoms with E-state index in [1.807, 2.05) is 0 Å². The average molecular weight is 344 g/mol. The molecule has 3 rings (SSSR count).